The van der Waals surface area contributed by atoms with Gasteiger partial charge in [-0.25, -0.2) is 0 Å². The van der Waals surface area contributed by atoms with Gasteiger partial charge in [0.1, 0.15) is 0 Å². The molecule has 1 saturated carbocycles. The van der Waals surface area contributed by atoms with Crippen LogP contribution in [0.15, 0.2) is 24.3 Å². The molecule has 3 fully saturated rings. The quantitative estimate of drug-likeness (QED) is 0.692. The largest absolute Gasteiger partial charge is 0.362 e. The van der Waals surface area contributed by atoms with Crippen molar-refractivity contribution in [3.63, 3.8) is 0 Å². The van der Waals surface area contributed by atoms with E-state index in [0.29, 0.717) is 17.0 Å². The highest BCUT2D eigenvalue weighted by molar-refractivity contribution is 5.58. The first kappa shape index (κ1) is 14.0. The Morgan fingerprint density at radius 1 is 1.00 bits per heavy atom. The number of hydrogen-bond donors (Lipinski definition) is 0. The summed E-state index contributed by atoms with van der Waals surface area (Å²) in [7, 11) is 0. The van der Waals surface area contributed by atoms with Crippen LogP contribution in [0.25, 0.3) is 0 Å². The zero-order chi connectivity index (χ0) is 14.7. The molecule has 110 valence electrons. The van der Waals surface area contributed by atoms with Gasteiger partial charge >= 0.3 is 0 Å². The monoisotopic (exact) mass is 271 g/mol. The van der Waals surface area contributed by atoms with Crippen molar-refractivity contribution in [2.45, 2.75) is 66.0 Å². The number of benzene rings is 1. The molecule has 2 bridgehead atoms. The summed E-state index contributed by atoms with van der Waals surface area (Å²) in [4.78, 5) is 2.76. The molecule has 4 rings (SSSR count). The van der Waals surface area contributed by atoms with Crippen molar-refractivity contribution in [1.82, 2.24) is 0 Å². The standard InChI is InChI=1S/C19H29N/c1-13-9-7-8-10-17(13)20-16(4)18(5)11-12-19(20,6)15(3)14(18)2/h7-10,14-16H,11-12H2,1-6H3. The van der Waals surface area contributed by atoms with E-state index in [1.165, 1.54) is 24.1 Å². The number of nitrogens with zero attached hydrogens (tertiary/aromatic N) is 1. The van der Waals surface area contributed by atoms with Crippen molar-refractivity contribution in [2.75, 3.05) is 4.90 Å². The Morgan fingerprint density at radius 3 is 2.30 bits per heavy atom. The van der Waals surface area contributed by atoms with Gasteiger partial charge in [0, 0.05) is 17.3 Å². The van der Waals surface area contributed by atoms with Gasteiger partial charge in [-0.05, 0) is 62.5 Å². The predicted molar refractivity (Wildman–Crippen MR) is 87.2 cm³/mol. The minimum Gasteiger partial charge on any atom is -0.362 e. The van der Waals surface area contributed by atoms with E-state index in [-0.39, 0.29) is 0 Å². The van der Waals surface area contributed by atoms with Crippen LogP contribution in [0.1, 0.15) is 53.0 Å². The fraction of sp³-hybridized carbons (Fsp3) is 0.684. The Labute approximate surface area is 124 Å². The average Bonchev–Trinajstić information content (AvgIpc) is 2.42. The number of anilines is 1. The molecule has 0 amide bonds. The molecule has 3 aliphatic rings. The van der Waals surface area contributed by atoms with Crippen LogP contribution >= 0.6 is 0 Å². The van der Waals surface area contributed by atoms with E-state index in [4.69, 9.17) is 0 Å². The van der Waals surface area contributed by atoms with E-state index in [2.05, 4.69) is 70.7 Å². The fourth-order valence-electron chi connectivity index (χ4n) is 5.07. The maximum Gasteiger partial charge on any atom is 0.0405 e. The third-order valence-corrected chi connectivity index (χ3v) is 7.21. The van der Waals surface area contributed by atoms with Crippen LogP contribution in [0.5, 0.6) is 0 Å². The Bertz CT molecular complexity index is 522. The highest BCUT2D eigenvalue weighted by atomic mass is 15.3. The van der Waals surface area contributed by atoms with Gasteiger partial charge in [-0.15, -0.1) is 0 Å². The van der Waals surface area contributed by atoms with Gasteiger partial charge in [-0.2, -0.15) is 0 Å². The molecule has 1 nitrogen and oxygen atoms in total. The summed E-state index contributed by atoms with van der Waals surface area (Å²) in [6.07, 6.45) is 2.70. The molecule has 1 aliphatic carbocycles. The fourth-order valence-corrected chi connectivity index (χ4v) is 5.07. The minimum absolute atomic E-state index is 0.308. The van der Waals surface area contributed by atoms with Crippen molar-refractivity contribution >= 4 is 5.69 Å². The lowest BCUT2D eigenvalue weighted by Gasteiger charge is -2.68. The first-order valence-corrected chi connectivity index (χ1v) is 8.17. The van der Waals surface area contributed by atoms with Gasteiger partial charge in [0.25, 0.3) is 0 Å². The van der Waals surface area contributed by atoms with Gasteiger partial charge in [0.05, 0.1) is 0 Å². The van der Waals surface area contributed by atoms with E-state index in [1.807, 2.05) is 0 Å². The predicted octanol–water partition coefficient (Wildman–Crippen LogP) is 5.03. The van der Waals surface area contributed by atoms with Crippen molar-refractivity contribution < 1.29 is 0 Å². The van der Waals surface area contributed by atoms with Gasteiger partial charge in [0.2, 0.25) is 0 Å². The van der Waals surface area contributed by atoms with Crippen molar-refractivity contribution in [3.8, 4) is 0 Å². The molecule has 5 unspecified atom stereocenters. The summed E-state index contributed by atoms with van der Waals surface area (Å²) in [5, 5.41) is 0. The van der Waals surface area contributed by atoms with Gasteiger partial charge < -0.3 is 4.90 Å². The number of hydrogen-bond acceptors (Lipinski definition) is 1. The van der Waals surface area contributed by atoms with Crippen LogP contribution in [-0.4, -0.2) is 11.6 Å². The van der Waals surface area contributed by atoms with E-state index < -0.39 is 0 Å². The van der Waals surface area contributed by atoms with Crippen LogP contribution in [-0.2, 0) is 0 Å². The van der Waals surface area contributed by atoms with Crippen molar-refractivity contribution in [1.29, 1.82) is 0 Å². The SMILES string of the molecule is Cc1ccccc1N1C(C)C2(C)CCC1(C)C(C)C2C. The molecule has 1 aromatic rings. The Hall–Kier alpha value is -0.980. The van der Waals surface area contributed by atoms with Gasteiger partial charge in [-0.1, -0.05) is 39.0 Å². The van der Waals surface area contributed by atoms with Gasteiger partial charge in [-0.3, -0.25) is 0 Å². The second-order valence-corrected chi connectivity index (χ2v) is 7.77. The van der Waals surface area contributed by atoms with E-state index in [9.17, 15) is 0 Å². The Kier molecular flexibility index (Phi) is 2.97. The van der Waals surface area contributed by atoms with E-state index in [0.717, 1.165) is 11.8 Å². The van der Waals surface area contributed by atoms with Crippen LogP contribution in [0.2, 0.25) is 0 Å². The third-order valence-electron chi connectivity index (χ3n) is 7.21. The number of para-hydroxylation sites is 1. The first-order valence-electron chi connectivity index (χ1n) is 8.17. The summed E-state index contributed by atoms with van der Waals surface area (Å²) < 4.78 is 0. The average molecular weight is 271 g/mol. The van der Waals surface area contributed by atoms with Crippen LogP contribution in [0.4, 0.5) is 5.69 Å². The number of rotatable bonds is 1. The lowest BCUT2D eigenvalue weighted by atomic mass is 9.50. The highest BCUT2D eigenvalue weighted by Crippen LogP contribution is 2.60. The smallest absolute Gasteiger partial charge is 0.0405 e. The number of fused-ring (bicyclic) bond motifs is 3. The Balaban J connectivity index is 2.14. The molecule has 1 aromatic carbocycles. The van der Waals surface area contributed by atoms with E-state index in [1.54, 1.807) is 0 Å². The van der Waals surface area contributed by atoms with Crippen molar-refractivity contribution in [3.05, 3.63) is 29.8 Å². The normalized spacial score (nSPS) is 43.9. The first-order chi connectivity index (χ1) is 9.32. The number of piperidine rings is 2. The number of aryl methyl sites for hydroxylation is 1. The van der Waals surface area contributed by atoms with Crippen molar-refractivity contribution in [2.24, 2.45) is 17.3 Å². The molecule has 0 spiro atoms. The second kappa shape index (κ2) is 4.26. The van der Waals surface area contributed by atoms with E-state index >= 15 is 0 Å². The van der Waals surface area contributed by atoms with Crippen LogP contribution < -0.4 is 4.90 Å². The molecule has 2 aliphatic heterocycles. The molecule has 0 radical (unpaired) electrons. The maximum atomic E-state index is 2.76. The minimum atomic E-state index is 0.308. The van der Waals surface area contributed by atoms with Crippen LogP contribution in [0, 0.1) is 24.2 Å². The van der Waals surface area contributed by atoms with Gasteiger partial charge in [0.15, 0.2) is 0 Å². The summed E-state index contributed by atoms with van der Waals surface area (Å²) in [6.45, 7) is 14.7. The summed E-state index contributed by atoms with van der Waals surface area (Å²) in [5.41, 5.74) is 3.62. The molecule has 1 heteroatoms. The highest BCUT2D eigenvalue weighted by Gasteiger charge is 2.60. The molecule has 2 saturated heterocycles. The molecular weight excluding hydrogens is 242 g/mol. The summed E-state index contributed by atoms with van der Waals surface area (Å²) >= 11 is 0. The summed E-state index contributed by atoms with van der Waals surface area (Å²) in [5.74, 6) is 1.55. The topological polar surface area (TPSA) is 3.24 Å². The zero-order valence-electron chi connectivity index (χ0n) is 13.9. The second-order valence-electron chi connectivity index (χ2n) is 7.77. The molecule has 20 heavy (non-hydrogen) atoms. The molecular formula is C19H29N. The maximum absolute atomic E-state index is 2.76. The van der Waals surface area contributed by atoms with Crippen LogP contribution in [0.3, 0.4) is 0 Å². The zero-order valence-corrected chi connectivity index (χ0v) is 13.9. The summed E-state index contributed by atoms with van der Waals surface area (Å²) in [6, 6.07) is 9.54. The molecule has 5 atom stereocenters. The molecule has 0 N–H and O–H groups in total. The lowest BCUT2D eigenvalue weighted by Crippen LogP contribution is -2.72. The third kappa shape index (κ3) is 1.55. The molecule has 0 aromatic heterocycles. The Morgan fingerprint density at radius 2 is 1.65 bits per heavy atom. The lowest BCUT2D eigenvalue weighted by molar-refractivity contribution is -0.0524. The molecule has 2 heterocycles.